The van der Waals surface area contributed by atoms with Gasteiger partial charge in [-0.15, -0.1) is 0 Å². The van der Waals surface area contributed by atoms with E-state index in [4.69, 9.17) is 4.98 Å². The van der Waals surface area contributed by atoms with E-state index < -0.39 is 0 Å². The van der Waals surface area contributed by atoms with Gasteiger partial charge in [0.2, 0.25) is 0 Å². The van der Waals surface area contributed by atoms with Crippen molar-refractivity contribution in [3.05, 3.63) is 138 Å². The highest BCUT2D eigenvalue weighted by molar-refractivity contribution is 6.23. The number of aryl methyl sites for hydroxylation is 1. The topological polar surface area (TPSA) is 12.9 Å². The molecule has 1 heterocycles. The summed E-state index contributed by atoms with van der Waals surface area (Å²) in [7, 11) is 0. The third kappa shape index (κ3) is 3.18. The van der Waals surface area contributed by atoms with E-state index in [1.807, 2.05) is 6.20 Å². The molecule has 0 fully saturated rings. The van der Waals surface area contributed by atoms with Crippen LogP contribution in [0.25, 0.3) is 65.8 Å². The second-order valence-electron chi connectivity index (χ2n) is 11.7. The zero-order valence-electron chi connectivity index (χ0n) is 23.0. The Morgan fingerprint density at radius 3 is 2.05 bits per heavy atom. The first kappa shape index (κ1) is 23.2. The van der Waals surface area contributed by atoms with Crippen LogP contribution in [0.15, 0.2) is 121 Å². The molecule has 0 unspecified atom stereocenters. The Bertz CT molecular complexity index is 2140. The molecule has 0 spiro atoms. The van der Waals surface area contributed by atoms with Crippen LogP contribution in [0.4, 0.5) is 0 Å². The van der Waals surface area contributed by atoms with Crippen molar-refractivity contribution in [3.8, 4) is 33.5 Å². The number of benzene rings is 6. The molecule has 1 aliphatic rings. The Morgan fingerprint density at radius 2 is 1.20 bits per heavy atom. The molecule has 1 heteroatoms. The number of fused-ring (bicyclic) bond motifs is 6. The van der Waals surface area contributed by atoms with E-state index in [1.54, 1.807) is 0 Å². The third-order valence-electron chi connectivity index (χ3n) is 8.96. The van der Waals surface area contributed by atoms with Gasteiger partial charge in [-0.3, -0.25) is 4.98 Å². The molecule has 0 bridgehead atoms. The molecule has 1 nitrogen and oxygen atoms in total. The van der Waals surface area contributed by atoms with Crippen molar-refractivity contribution >= 4 is 32.3 Å². The standard InChI is InChI=1S/C39H29N/c1-24-16-18-32-33(22-24)36(26-17-19-29-28-12-8-9-15-34(28)39(2,3)35(29)23-26)30-13-6-7-14-31(30)37(32)38-27-11-5-4-10-25(27)20-21-40-38/h4-23H,1-3H3. The molecular formula is C39H29N. The predicted molar refractivity (Wildman–Crippen MR) is 170 cm³/mol. The number of rotatable bonds is 2. The first-order valence-electron chi connectivity index (χ1n) is 14.1. The molecule has 6 aromatic carbocycles. The van der Waals surface area contributed by atoms with Crippen molar-refractivity contribution in [2.75, 3.05) is 0 Å². The van der Waals surface area contributed by atoms with Crippen molar-refractivity contribution in [3.63, 3.8) is 0 Å². The van der Waals surface area contributed by atoms with Gasteiger partial charge in [-0.2, -0.15) is 0 Å². The Labute approximate surface area is 234 Å². The Morgan fingerprint density at radius 1 is 0.525 bits per heavy atom. The number of nitrogens with zero attached hydrogens (tertiary/aromatic N) is 1. The Hall–Kier alpha value is -4.75. The first-order valence-corrected chi connectivity index (χ1v) is 14.1. The van der Waals surface area contributed by atoms with E-state index in [9.17, 15) is 0 Å². The number of pyridine rings is 1. The fourth-order valence-electron chi connectivity index (χ4n) is 7.04. The highest BCUT2D eigenvalue weighted by Crippen LogP contribution is 2.51. The molecule has 7 aromatic rings. The molecular weight excluding hydrogens is 482 g/mol. The molecule has 0 aliphatic heterocycles. The minimum atomic E-state index is -0.0454. The number of aromatic nitrogens is 1. The van der Waals surface area contributed by atoms with Gasteiger partial charge < -0.3 is 0 Å². The summed E-state index contributed by atoms with van der Waals surface area (Å²) in [6, 6.07) is 42.5. The smallest absolute Gasteiger partial charge is 0.0792 e. The lowest BCUT2D eigenvalue weighted by Crippen LogP contribution is -2.14. The Kier molecular flexibility index (Phi) is 4.85. The molecule has 1 aromatic heterocycles. The van der Waals surface area contributed by atoms with Gasteiger partial charge in [-0.1, -0.05) is 123 Å². The number of hydrogen-bond donors (Lipinski definition) is 0. The second kappa shape index (κ2) is 8.37. The van der Waals surface area contributed by atoms with E-state index in [0.717, 1.165) is 5.69 Å². The zero-order chi connectivity index (χ0) is 27.0. The van der Waals surface area contributed by atoms with E-state index in [1.165, 1.54) is 76.8 Å². The molecule has 8 rings (SSSR count). The van der Waals surface area contributed by atoms with E-state index >= 15 is 0 Å². The van der Waals surface area contributed by atoms with Crippen LogP contribution in [-0.2, 0) is 5.41 Å². The molecule has 0 N–H and O–H groups in total. The van der Waals surface area contributed by atoms with Gasteiger partial charge in [0.25, 0.3) is 0 Å². The van der Waals surface area contributed by atoms with Gasteiger partial charge >= 0.3 is 0 Å². The summed E-state index contributed by atoms with van der Waals surface area (Å²) in [5.41, 5.74) is 11.5. The second-order valence-corrected chi connectivity index (χ2v) is 11.7. The van der Waals surface area contributed by atoms with Crippen LogP contribution in [0.1, 0.15) is 30.5 Å². The van der Waals surface area contributed by atoms with Crippen LogP contribution in [0.5, 0.6) is 0 Å². The fourth-order valence-corrected chi connectivity index (χ4v) is 7.04. The van der Waals surface area contributed by atoms with Gasteiger partial charge in [0.15, 0.2) is 0 Å². The van der Waals surface area contributed by atoms with Crippen LogP contribution < -0.4 is 0 Å². The number of hydrogen-bond acceptors (Lipinski definition) is 1. The average Bonchev–Trinajstić information content (AvgIpc) is 3.21. The quantitative estimate of drug-likeness (QED) is 0.210. The predicted octanol–water partition coefficient (Wildman–Crippen LogP) is 10.5. The van der Waals surface area contributed by atoms with Gasteiger partial charge in [-0.05, 0) is 79.4 Å². The first-order chi connectivity index (χ1) is 19.5. The SMILES string of the molecule is Cc1ccc2c(-c3nccc4ccccc34)c3ccccc3c(-c3ccc4c(c3)C(C)(C)c3ccccc3-4)c2c1. The minimum Gasteiger partial charge on any atom is -0.256 e. The van der Waals surface area contributed by atoms with E-state index in [2.05, 4.69) is 136 Å². The highest BCUT2D eigenvalue weighted by atomic mass is 14.7. The summed E-state index contributed by atoms with van der Waals surface area (Å²) >= 11 is 0. The Balaban J connectivity index is 1.49. The fraction of sp³-hybridized carbons (Fsp3) is 0.103. The maximum Gasteiger partial charge on any atom is 0.0792 e. The highest BCUT2D eigenvalue weighted by Gasteiger charge is 2.35. The molecule has 0 radical (unpaired) electrons. The summed E-state index contributed by atoms with van der Waals surface area (Å²) in [5, 5.41) is 7.41. The van der Waals surface area contributed by atoms with Gasteiger partial charge in [0.1, 0.15) is 0 Å². The summed E-state index contributed by atoms with van der Waals surface area (Å²) in [6.45, 7) is 6.91. The lowest BCUT2D eigenvalue weighted by Gasteiger charge is -2.23. The van der Waals surface area contributed by atoms with Gasteiger partial charge in [-0.25, -0.2) is 0 Å². The zero-order valence-corrected chi connectivity index (χ0v) is 23.0. The largest absolute Gasteiger partial charge is 0.256 e. The molecule has 1 aliphatic carbocycles. The molecule has 0 saturated carbocycles. The van der Waals surface area contributed by atoms with Crippen molar-refractivity contribution in [1.82, 2.24) is 4.98 Å². The van der Waals surface area contributed by atoms with E-state index in [0.29, 0.717) is 0 Å². The van der Waals surface area contributed by atoms with Crippen LogP contribution in [-0.4, -0.2) is 4.98 Å². The van der Waals surface area contributed by atoms with E-state index in [-0.39, 0.29) is 5.41 Å². The molecule has 40 heavy (non-hydrogen) atoms. The van der Waals surface area contributed by atoms with Crippen LogP contribution in [0, 0.1) is 6.92 Å². The van der Waals surface area contributed by atoms with Crippen LogP contribution >= 0.6 is 0 Å². The van der Waals surface area contributed by atoms with Crippen LogP contribution in [0.2, 0.25) is 0 Å². The molecule has 0 amide bonds. The van der Waals surface area contributed by atoms with Crippen LogP contribution in [0.3, 0.4) is 0 Å². The minimum absolute atomic E-state index is 0.0454. The van der Waals surface area contributed by atoms with Crippen molar-refractivity contribution in [1.29, 1.82) is 0 Å². The van der Waals surface area contributed by atoms with Gasteiger partial charge in [0.05, 0.1) is 5.69 Å². The molecule has 0 saturated heterocycles. The lowest BCUT2D eigenvalue weighted by molar-refractivity contribution is 0.660. The summed E-state index contributed by atoms with van der Waals surface area (Å²) in [4.78, 5) is 4.99. The monoisotopic (exact) mass is 511 g/mol. The third-order valence-corrected chi connectivity index (χ3v) is 8.96. The van der Waals surface area contributed by atoms with Crippen molar-refractivity contribution < 1.29 is 0 Å². The van der Waals surface area contributed by atoms with Crippen molar-refractivity contribution in [2.24, 2.45) is 0 Å². The molecule has 190 valence electrons. The normalized spacial score (nSPS) is 13.6. The lowest BCUT2D eigenvalue weighted by atomic mass is 9.80. The molecule has 0 atom stereocenters. The van der Waals surface area contributed by atoms with Crippen molar-refractivity contribution in [2.45, 2.75) is 26.2 Å². The maximum absolute atomic E-state index is 4.99. The summed E-state index contributed by atoms with van der Waals surface area (Å²) in [5.74, 6) is 0. The maximum atomic E-state index is 4.99. The van der Waals surface area contributed by atoms with Gasteiger partial charge in [0, 0.05) is 22.6 Å². The summed E-state index contributed by atoms with van der Waals surface area (Å²) < 4.78 is 0. The average molecular weight is 512 g/mol. The summed E-state index contributed by atoms with van der Waals surface area (Å²) in [6.07, 6.45) is 1.95.